The van der Waals surface area contributed by atoms with E-state index in [9.17, 15) is 0 Å². The van der Waals surface area contributed by atoms with Gasteiger partial charge in [-0.25, -0.2) is 0 Å². The highest BCUT2D eigenvalue weighted by molar-refractivity contribution is 5.01. The van der Waals surface area contributed by atoms with E-state index in [2.05, 4.69) is 6.92 Å². The lowest BCUT2D eigenvalue weighted by atomic mass is 10.0. The van der Waals surface area contributed by atoms with Gasteiger partial charge in [0.1, 0.15) is 0 Å². The van der Waals surface area contributed by atoms with Gasteiger partial charge in [0.15, 0.2) is 0 Å². The Kier molecular flexibility index (Phi) is 1.10. The van der Waals surface area contributed by atoms with Crippen molar-refractivity contribution in [2.75, 3.05) is 7.11 Å². The molecule has 2 fully saturated rings. The van der Waals surface area contributed by atoms with Crippen LogP contribution in [0.4, 0.5) is 0 Å². The summed E-state index contributed by atoms with van der Waals surface area (Å²) >= 11 is 0. The van der Waals surface area contributed by atoms with Gasteiger partial charge in [-0.15, -0.1) is 0 Å². The minimum atomic E-state index is 0.606. The van der Waals surface area contributed by atoms with Gasteiger partial charge in [-0.3, -0.25) is 0 Å². The van der Waals surface area contributed by atoms with Gasteiger partial charge in [0.2, 0.25) is 0 Å². The molecule has 2 saturated carbocycles. The van der Waals surface area contributed by atoms with Gasteiger partial charge in [0.05, 0.1) is 6.10 Å². The average molecular weight is 126 g/mol. The third kappa shape index (κ3) is 0.710. The van der Waals surface area contributed by atoms with Crippen molar-refractivity contribution in [2.45, 2.75) is 25.9 Å². The molecule has 0 aromatic rings. The van der Waals surface area contributed by atoms with Crippen LogP contribution in [0.25, 0.3) is 0 Å². The van der Waals surface area contributed by atoms with Crippen LogP contribution in [0.15, 0.2) is 0 Å². The van der Waals surface area contributed by atoms with Gasteiger partial charge in [-0.2, -0.15) is 0 Å². The summed E-state index contributed by atoms with van der Waals surface area (Å²) in [5.41, 5.74) is 0. The fourth-order valence-corrected chi connectivity index (χ4v) is 2.39. The third-order valence-electron chi connectivity index (χ3n) is 2.91. The van der Waals surface area contributed by atoms with E-state index in [1.54, 1.807) is 0 Å². The van der Waals surface area contributed by atoms with Crippen LogP contribution in [0.1, 0.15) is 19.8 Å². The van der Waals surface area contributed by atoms with Crippen LogP contribution >= 0.6 is 0 Å². The highest BCUT2D eigenvalue weighted by Gasteiger charge is 2.51. The lowest BCUT2D eigenvalue weighted by molar-refractivity contribution is 0.0580. The zero-order chi connectivity index (χ0) is 6.43. The second kappa shape index (κ2) is 1.72. The van der Waals surface area contributed by atoms with Crippen molar-refractivity contribution in [1.29, 1.82) is 0 Å². The van der Waals surface area contributed by atoms with Crippen LogP contribution in [0.5, 0.6) is 0 Å². The van der Waals surface area contributed by atoms with E-state index in [-0.39, 0.29) is 0 Å². The third-order valence-corrected chi connectivity index (χ3v) is 2.91. The Hall–Kier alpha value is -0.0400. The standard InChI is InChI=1S/C8H14O/c1-5-3-6-4-7(6)8(5)9-2/h5-8H,3-4H2,1-2H3. The van der Waals surface area contributed by atoms with Crippen LogP contribution in [-0.2, 0) is 4.74 Å². The largest absolute Gasteiger partial charge is 0.381 e. The SMILES string of the molecule is COC1C(C)CC2CC21. The average Bonchev–Trinajstić information content (AvgIpc) is 2.45. The molecule has 0 saturated heterocycles. The van der Waals surface area contributed by atoms with Crippen LogP contribution in [0, 0.1) is 17.8 Å². The molecule has 0 aliphatic heterocycles. The van der Waals surface area contributed by atoms with Gasteiger partial charge in [0.25, 0.3) is 0 Å². The Morgan fingerprint density at radius 3 is 2.44 bits per heavy atom. The van der Waals surface area contributed by atoms with Crippen molar-refractivity contribution in [3.63, 3.8) is 0 Å². The van der Waals surface area contributed by atoms with Crippen molar-refractivity contribution < 1.29 is 4.74 Å². The molecule has 52 valence electrons. The summed E-state index contributed by atoms with van der Waals surface area (Å²) in [4.78, 5) is 0. The van der Waals surface area contributed by atoms with Crippen LogP contribution in [-0.4, -0.2) is 13.2 Å². The molecule has 0 aromatic carbocycles. The molecule has 0 N–H and O–H groups in total. The fourth-order valence-electron chi connectivity index (χ4n) is 2.39. The normalized spacial score (nSPS) is 55.3. The number of methoxy groups -OCH3 is 1. The molecule has 2 aliphatic carbocycles. The molecule has 4 atom stereocenters. The second-order valence-electron chi connectivity index (χ2n) is 3.57. The van der Waals surface area contributed by atoms with Crippen molar-refractivity contribution in [2.24, 2.45) is 17.8 Å². The molecular formula is C8H14O. The molecule has 0 radical (unpaired) electrons. The van der Waals surface area contributed by atoms with E-state index in [0.29, 0.717) is 6.10 Å². The lowest BCUT2D eigenvalue weighted by Crippen LogP contribution is -2.17. The number of fused-ring (bicyclic) bond motifs is 1. The molecule has 1 nitrogen and oxygen atoms in total. The van der Waals surface area contributed by atoms with E-state index < -0.39 is 0 Å². The van der Waals surface area contributed by atoms with Crippen LogP contribution in [0.3, 0.4) is 0 Å². The zero-order valence-corrected chi connectivity index (χ0v) is 6.13. The first-order valence-electron chi connectivity index (χ1n) is 3.85. The molecule has 0 aromatic heterocycles. The Morgan fingerprint density at radius 1 is 1.33 bits per heavy atom. The summed E-state index contributed by atoms with van der Waals surface area (Å²) in [6.45, 7) is 2.31. The zero-order valence-electron chi connectivity index (χ0n) is 6.13. The molecule has 0 bridgehead atoms. The molecule has 9 heavy (non-hydrogen) atoms. The van der Waals surface area contributed by atoms with E-state index >= 15 is 0 Å². The van der Waals surface area contributed by atoms with E-state index in [4.69, 9.17) is 4.74 Å². The molecule has 0 heterocycles. The Balaban J connectivity index is 2.02. The van der Waals surface area contributed by atoms with Crippen LogP contribution in [0.2, 0.25) is 0 Å². The highest BCUT2D eigenvalue weighted by atomic mass is 16.5. The first kappa shape index (κ1) is 5.72. The van der Waals surface area contributed by atoms with E-state index in [0.717, 1.165) is 17.8 Å². The predicted molar refractivity (Wildman–Crippen MR) is 36.2 cm³/mol. The number of hydrogen-bond donors (Lipinski definition) is 0. The summed E-state index contributed by atoms with van der Waals surface area (Å²) < 4.78 is 5.38. The summed E-state index contributed by atoms with van der Waals surface area (Å²) in [6, 6.07) is 0. The smallest absolute Gasteiger partial charge is 0.0627 e. The van der Waals surface area contributed by atoms with Gasteiger partial charge in [-0.05, 0) is 30.6 Å². The Bertz CT molecular complexity index is 120. The minimum Gasteiger partial charge on any atom is -0.381 e. The van der Waals surface area contributed by atoms with Crippen LogP contribution < -0.4 is 0 Å². The first-order chi connectivity index (χ1) is 4.33. The topological polar surface area (TPSA) is 9.23 Å². The molecule has 0 amide bonds. The van der Waals surface area contributed by atoms with Crippen molar-refractivity contribution in [3.8, 4) is 0 Å². The summed E-state index contributed by atoms with van der Waals surface area (Å²) in [6.07, 6.45) is 3.47. The minimum absolute atomic E-state index is 0.606. The summed E-state index contributed by atoms with van der Waals surface area (Å²) in [5, 5.41) is 0. The van der Waals surface area contributed by atoms with E-state index in [1.165, 1.54) is 12.8 Å². The molecule has 0 spiro atoms. The Morgan fingerprint density at radius 2 is 2.11 bits per heavy atom. The lowest BCUT2D eigenvalue weighted by Gasteiger charge is -2.15. The first-order valence-corrected chi connectivity index (χ1v) is 3.85. The predicted octanol–water partition coefficient (Wildman–Crippen LogP) is 1.68. The van der Waals surface area contributed by atoms with Gasteiger partial charge in [-0.1, -0.05) is 6.92 Å². The van der Waals surface area contributed by atoms with Crippen molar-refractivity contribution in [3.05, 3.63) is 0 Å². The molecule has 4 unspecified atom stereocenters. The van der Waals surface area contributed by atoms with E-state index in [1.807, 2.05) is 7.11 Å². The Labute approximate surface area is 56.4 Å². The highest BCUT2D eigenvalue weighted by Crippen LogP contribution is 2.55. The van der Waals surface area contributed by atoms with Crippen molar-refractivity contribution >= 4 is 0 Å². The molecule has 2 aliphatic rings. The quantitative estimate of drug-likeness (QED) is 0.519. The summed E-state index contributed by atoms with van der Waals surface area (Å²) in [7, 11) is 1.85. The summed E-state index contributed by atoms with van der Waals surface area (Å²) in [5.74, 6) is 2.83. The molecule has 2 rings (SSSR count). The number of ether oxygens (including phenoxy) is 1. The van der Waals surface area contributed by atoms with Crippen molar-refractivity contribution in [1.82, 2.24) is 0 Å². The monoisotopic (exact) mass is 126 g/mol. The number of rotatable bonds is 1. The maximum Gasteiger partial charge on any atom is 0.0627 e. The maximum absolute atomic E-state index is 5.38. The fraction of sp³-hybridized carbons (Fsp3) is 1.00. The maximum atomic E-state index is 5.38. The van der Waals surface area contributed by atoms with Gasteiger partial charge in [0, 0.05) is 7.11 Å². The second-order valence-corrected chi connectivity index (χ2v) is 3.57. The molecular weight excluding hydrogens is 112 g/mol. The molecule has 1 heteroatoms. The number of hydrogen-bond acceptors (Lipinski definition) is 1. The van der Waals surface area contributed by atoms with Gasteiger partial charge < -0.3 is 4.74 Å². The van der Waals surface area contributed by atoms with Gasteiger partial charge >= 0.3 is 0 Å².